The molecule has 51 heavy (non-hydrogen) atoms. The fourth-order valence-electron chi connectivity index (χ4n) is 9.73. The second-order valence-electron chi connectivity index (χ2n) is 14.2. The van der Waals surface area contributed by atoms with Crippen LogP contribution in [0.4, 0.5) is 0 Å². The van der Waals surface area contributed by atoms with Crippen LogP contribution in [0, 0.1) is 0 Å². The van der Waals surface area contributed by atoms with Crippen LogP contribution >= 0.6 is 0 Å². The van der Waals surface area contributed by atoms with Crippen LogP contribution in [-0.4, -0.2) is 14.1 Å². The second kappa shape index (κ2) is 10.1. The number of hydrogen-bond acceptors (Lipinski definition) is 1. The van der Waals surface area contributed by atoms with Crippen molar-refractivity contribution in [3.63, 3.8) is 0 Å². The Morgan fingerprint density at radius 2 is 1.27 bits per heavy atom. The highest BCUT2D eigenvalue weighted by Crippen LogP contribution is 2.55. The molecule has 2 aliphatic rings. The first-order valence-electron chi connectivity index (χ1n) is 18.0. The van der Waals surface area contributed by atoms with Gasteiger partial charge in [0.25, 0.3) is 0 Å². The first-order chi connectivity index (χ1) is 25.3. The highest BCUT2D eigenvalue weighted by Gasteiger charge is 2.35. The van der Waals surface area contributed by atoms with Crippen LogP contribution < -0.4 is 0 Å². The van der Waals surface area contributed by atoms with Gasteiger partial charge in [0, 0.05) is 50.6 Å². The van der Waals surface area contributed by atoms with Gasteiger partial charge >= 0.3 is 0 Å². The van der Waals surface area contributed by atoms with Crippen molar-refractivity contribution in [2.45, 2.75) is 18.8 Å². The molecule has 0 N–H and O–H groups in total. The third-order valence-electron chi connectivity index (χ3n) is 11.8. The molecule has 3 heteroatoms. The molecule has 10 aromatic rings. The van der Waals surface area contributed by atoms with E-state index < -0.39 is 0 Å². The zero-order valence-corrected chi connectivity index (χ0v) is 27.8. The fraction of sp³-hybridized carbons (Fsp3) is 0.0625. The molecule has 0 saturated heterocycles. The summed E-state index contributed by atoms with van der Waals surface area (Å²) in [5, 5.41) is 7.66. The molecular formula is C48H31N3. The Bertz CT molecular complexity index is 3090. The number of para-hydroxylation sites is 2. The third kappa shape index (κ3) is 3.60. The molecule has 0 spiro atoms. The van der Waals surface area contributed by atoms with Crippen molar-refractivity contribution in [2.75, 3.05) is 0 Å². The molecular weight excluding hydrogens is 619 g/mol. The lowest BCUT2D eigenvalue weighted by Crippen LogP contribution is -2.06. The maximum Gasteiger partial charge on any atom is 0.0724 e. The summed E-state index contributed by atoms with van der Waals surface area (Å²) in [6, 6.07) is 54.3. The van der Waals surface area contributed by atoms with Crippen LogP contribution in [-0.2, 0) is 6.42 Å². The molecule has 7 aromatic carbocycles. The van der Waals surface area contributed by atoms with Crippen LogP contribution in [0.25, 0.3) is 88.0 Å². The quantitative estimate of drug-likeness (QED) is 0.183. The minimum atomic E-state index is 0.340. The standard InChI is InChI=1S/C48H31N3/c1-2-11-30(12-3-1)50-44-23-19-31(26-41(44)37-24-25-49-28-45(37)50)51-43-17-9-8-16-36(43)42-27-40-34-15-7-6-14-33(34)35-21-22-39(40)47(48(42)51)46-32-13-5-4-10-29(32)18-20-38(35)46/h1-20,23-28,35H,21-22H2. The highest BCUT2D eigenvalue weighted by atomic mass is 15.0. The van der Waals surface area contributed by atoms with E-state index in [0.29, 0.717) is 5.92 Å². The Labute approximate surface area is 294 Å². The summed E-state index contributed by atoms with van der Waals surface area (Å²) in [6.07, 6.45) is 6.06. The molecule has 2 bridgehead atoms. The highest BCUT2D eigenvalue weighted by molar-refractivity contribution is 6.20. The summed E-state index contributed by atoms with van der Waals surface area (Å²) < 4.78 is 4.91. The van der Waals surface area contributed by atoms with Gasteiger partial charge in [-0.1, -0.05) is 97.1 Å². The predicted molar refractivity (Wildman–Crippen MR) is 211 cm³/mol. The monoisotopic (exact) mass is 649 g/mol. The van der Waals surface area contributed by atoms with Gasteiger partial charge in [0.05, 0.1) is 28.3 Å². The van der Waals surface area contributed by atoms with Crippen LogP contribution in [0.3, 0.4) is 0 Å². The number of nitrogens with zero attached hydrogens (tertiary/aromatic N) is 3. The first kappa shape index (κ1) is 27.4. The van der Waals surface area contributed by atoms with E-state index in [2.05, 4.69) is 160 Å². The molecule has 0 radical (unpaired) electrons. The maximum atomic E-state index is 4.56. The summed E-state index contributed by atoms with van der Waals surface area (Å²) >= 11 is 0. The number of benzene rings is 7. The average Bonchev–Trinajstić information content (AvgIpc) is 3.56. The predicted octanol–water partition coefficient (Wildman–Crippen LogP) is 12.2. The van der Waals surface area contributed by atoms with Crippen molar-refractivity contribution >= 4 is 54.4 Å². The van der Waals surface area contributed by atoms with Crippen LogP contribution in [0.1, 0.15) is 29.0 Å². The van der Waals surface area contributed by atoms with E-state index in [9.17, 15) is 0 Å². The van der Waals surface area contributed by atoms with E-state index in [0.717, 1.165) is 24.0 Å². The van der Waals surface area contributed by atoms with E-state index in [1.807, 2.05) is 12.4 Å². The van der Waals surface area contributed by atoms with E-state index >= 15 is 0 Å². The smallest absolute Gasteiger partial charge is 0.0724 e. The molecule has 12 rings (SSSR count). The normalized spacial score (nSPS) is 14.7. The molecule has 0 amide bonds. The van der Waals surface area contributed by atoms with Gasteiger partial charge in [0.15, 0.2) is 0 Å². The number of fused-ring (bicyclic) bond motifs is 17. The van der Waals surface area contributed by atoms with Gasteiger partial charge in [0.2, 0.25) is 0 Å². The molecule has 0 fully saturated rings. The molecule has 1 unspecified atom stereocenters. The summed E-state index contributed by atoms with van der Waals surface area (Å²) in [6.45, 7) is 0. The fourth-order valence-corrected chi connectivity index (χ4v) is 9.73. The van der Waals surface area contributed by atoms with Crippen molar-refractivity contribution in [3.05, 3.63) is 175 Å². The molecule has 1 atom stereocenters. The van der Waals surface area contributed by atoms with E-state index in [-0.39, 0.29) is 0 Å². The van der Waals surface area contributed by atoms with Gasteiger partial charge in [-0.25, -0.2) is 0 Å². The molecule has 238 valence electrons. The lowest BCUT2D eigenvalue weighted by molar-refractivity contribution is 0.736. The van der Waals surface area contributed by atoms with Gasteiger partial charge in [-0.3, -0.25) is 4.98 Å². The van der Waals surface area contributed by atoms with Gasteiger partial charge in [-0.2, -0.15) is 0 Å². The van der Waals surface area contributed by atoms with Gasteiger partial charge < -0.3 is 9.13 Å². The molecule has 0 aliphatic heterocycles. The molecule has 3 aromatic heterocycles. The topological polar surface area (TPSA) is 22.8 Å². The average molecular weight is 650 g/mol. The van der Waals surface area contributed by atoms with Crippen molar-refractivity contribution in [3.8, 4) is 33.6 Å². The Balaban J connectivity index is 1.27. The Morgan fingerprint density at radius 1 is 0.490 bits per heavy atom. The summed E-state index contributed by atoms with van der Waals surface area (Å²) in [4.78, 5) is 4.56. The van der Waals surface area contributed by atoms with Gasteiger partial charge in [-0.15, -0.1) is 0 Å². The van der Waals surface area contributed by atoms with Gasteiger partial charge in [-0.05, 0) is 106 Å². The maximum absolute atomic E-state index is 4.56. The zero-order chi connectivity index (χ0) is 33.2. The van der Waals surface area contributed by atoms with Gasteiger partial charge in [0.1, 0.15) is 0 Å². The minimum absolute atomic E-state index is 0.340. The van der Waals surface area contributed by atoms with Crippen molar-refractivity contribution < 1.29 is 0 Å². The lowest BCUT2D eigenvalue weighted by Gasteiger charge is -2.26. The van der Waals surface area contributed by atoms with Crippen molar-refractivity contribution in [1.29, 1.82) is 0 Å². The second-order valence-corrected chi connectivity index (χ2v) is 14.2. The number of hydrogen-bond donors (Lipinski definition) is 0. The molecule has 3 nitrogen and oxygen atoms in total. The number of rotatable bonds is 2. The summed E-state index contributed by atoms with van der Waals surface area (Å²) in [7, 11) is 0. The third-order valence-corrected chi connectivity index (χ3v) is 11.8. The van der Waals surface area contributed by atoms with E-state index in [4.69, 9.17) is 0 Å². The van der Waals surface area contributed by atoms with Crippen LogP contribution in [0.15, 0.2) is 158 Å². The van der Waals surface area contributed by atoms with Crippen molar-refractivity contribution in [2.24, 2.45) is 0 Å². The van der Waals surface area contributed by atoms with Crippen molar-refractivity contribution in [1.82, 2.24) is 14.1 Å². The SMILES string of the molecule is c1ccc(-n2c3ccc(-n4c5ccccc5c5cc6c7c(c54)-c4c(ccc5ccccc45)C(CC7)c4ccccc4-6)cc3c3ccncc32)cc1. The summed E-state index contributed by atoms with van der Waals surface area (Å²) in [5.41, 5.74) is 17.1. The Hall–Kier alpha value is -6.45. The Kier molecular flexibility index (Phi) is 5.40. The van der Waals surface area contributed by atoms with E-state index in [1.54, 1.807) is 0 Å². The minimum Gasteiger partial charge on any atom is -0.309 e. The van der Waals surface area contributed by atoms with E-state index in [1.165, 1.54) is 93.5 Å². The largest absolute Gasteiger partial charge is 0.309 e. The lowest BCUT2D eigenvalue weighted by atomic mass is 9.78. The summed E-state index contributed by atoms with van der Waals surface area (Å²) in [5.74, 6) is 0.340. The number of pyridine rings is 1. The van der Waals surface area contributed by atoms with Crippen LogP contribution in [0.2, 0.25) is 0 Å². The molecule has 0 saturated carbocycles. The molecule has 2 aliphatic carbocycles. The number of aromatic nitrogens is 3. The first-order valence-corrected chi connectivity index (χ1v) is 18.0. The molecule has 3 heterocycles. The van der Waals surface area contributed by atoms with Crippen LogP contribution in [0.5, 0.6) is 0 Å². The Morgan fingerprint density at radius 3 is 2.22 bits per heavy atom. The zero-order valence-electron chi connectivity index (χ0n) is 27.8.